The van der Waals surface area contributed by atoms with E-state index in [2.05, 4.69) is 46.4 Å². The van der Waals surface area contributed by atoms with Crippen LogP contribution in [0.25, 0.3) is 0 Å². The lowest BCUT2D eigenvalue weighted by molar-refractivity contribution is -0.0315. The van der Waals surface area contributed by atoms with Crippen molar-refractivity contribution in [2.24, 2.45) is 15.3 Å². The number of hydrogen-bond acceptors (Lipinski definition) is 7. The van der Waals surface area contributed by atoms with Crippen molar-refractivity contribution in [1.82, 2.24) is 0 Å². The first-order valence-corrected chi connectivity index (χ1v) is 14.2. The molecule has 1 N–H and O–H groups in total. The Hall–Kier alpha value is -3.65. The normalized spacial score (nSPS) is 21.8. The Bertz CT molecular complexity index is 1260. The molecule has 2 aliphatic heterocycles. The number of oxime groups is 1. The SMILES string of the molecule is C/C=C1/CN(c2ccc(F)cc2)C(CCCCC(O)N=O)=N/C1=C/CC1=NOC(CCCC)(c2ccccc2)C1. The summed E-state index contributed by atoms with van der Waals surface area (Å²) in [7, 11) is 0. The monoisotopic (exact) mass is 546 g/mol. The minimum absolute atomic E-state index is 0.286. The van der Waals surface area contributed by atoms with Gasteiger partial charge in [-0.2, -0.15) is 0 Å². The van der Waals surface area contributed by atoms with E-state index >= 15 is 0 Å². The van der Waals surface area contributed by atoms with Crippen molar-refractivity contribution in [1.29, 1.82) is 0 Å². The van der Waals surface area contributed by atoms with E-state index in [-0.39, 0.29) is 5.82 Å². The summed E-state index contributed by atoms with van der Waals surface area (Å²) in [5.41, 5.74) is 4.58. The minimum Gasteiger partial charge on any atom is -0.384 e. The van der Waals surface area contributed by atoms with Gasteiger partial charge in [-0.25, -0.2) is 9.38 Å². The molecule has 2 atom stereocenters. The lowest BCUT2D eigenvalue weighted by Crippen LogP contribution is -2.36. The van der Waals surface area contributed by atoms with Crippen LogP contribution in [-0.4, -0.2) is 29.4 Å². The molecular weight excluding hydrogens is 507 g/mol. The molecular formula is C32H39FN4O3. The van der Waals surface area contributed by atoms with Gasteiger partial charge in [-0.15, -0.1) is 4.91 Å². The summed E-state index contributed by atoms with van der Waals surface area (Å²) in [6.07, 6.45) is 9.82. The molecule has 2 aliphatic rings. The Kier molecular flexibility index (Phi) is 10.4. The molecule has 0 saturated carbocycles. The third-order valence-corrected chi connectivity index (χ3v) is 7.54. The first-order valence-electron chi connectivity index (χ1n) is 14.2. The van der Waals surface area contributed by atoms with Gasteiger partial charge in [0.25, 0.3) is 0 Å². The number of halogens is 1. The van der Waals surface area contributed by atoms with Gasteiger partial charge in [0.15, 0.2) is 11.8 Å². The number of nitroso groups, excluding NO2 is 1. The topological polar surface area (TPSA) is 86.8 Å². The molecule has 40 heavy (non-hydrogen) atoms. The summed E-state index contributed by atoms with van der Waals surface area (Å²) >= 11 is 0. The molecule has 0 spiro atoms. The van der Waals surface area contributed by atoms with Gasteiger partial charge in [0.2, 0.25) is 0 Å². The number of rotatable bonds is 13. The number of benzene rings is 2. The summed E-state index contributed by atoms with van der Waals surface area (Å²) in [5.74, 6) is 0.578. The molecule has 7 nitrogen and oxygen atoms in total. The molecule has 0 bridgehead atoms. The van der Waals surface area contributed by atoms with Gasteiger partial charge in [0.05, 0.1) is 18.0 Å². The number of hydrogen-bond donors (Lipinski definition) is 1. The molecule has 4 rings (SSSR count). The number of anilines is 1. The summed E-state index contributed by atoms with van der Waals surface area (Å²) in [5, 5.41) is 16.7. The van der Waals surface area contributed by atoms with E-state index in [4.69, 9.17) is 9.83 Å². The van der Waals surface area contributed by atoms with Crippen molar-refractivity contribution in [3.05, 3.63) is 94.3 Å². The van der Waals surface area contributed by atoms with E-state index in [9.17, 15) is 14.4 Å². The number of amidine groups is 1. The third-order valence-electron chi connectivity index (χ3n) is 7.54. The van der Waals surface area contributed by atoms with Crippen molar-refractivity contribution in [2.45, 2.75) is 83.5 Å². The standard InChI is InChI=1S/C32H39FN4O3/c1-3-5-21-32(25-11-7-6-8-12-25)22-27(36-40-32)17-20-29-24(4-2)23-37(28-18-15-26(33)16-19-28)30(34-29)13-9-10-14-31(38)35-39/h4,6-8,11-12,15-16,18-20,31,38H,3,5,9-10,13-14,17,21-23H2,1-2H3/b24-4-,29-20+. The van der Waals surface area contributed by atoms with Crippen LogP contribution in [-0.2, 0) is 10.4 Å². The first kappa shape index (κ1) is 29.3. The van der Waals surface area contributed by atoms with Gasteiger partial charge in [0, 0.05) is 24.9 Å². The van der Waals surface area contributed by atoms with Crippen molar-refractivity contribution < 1.29 is 14.3 Å². The van der Waals surface area contributed by atoms with Crippen molar-refractivity contribution >= 4 is 17.2 Å². The van der Waals surface area contributed by atoms with Crippen molar-refractivity contribution in [2.75, 3.05) is 11.4 Å². The molecule has 8 heteroatoms. The highest BCUT2D eigenvalue weighted by atomic mass is 19.1. The largest absolute Gasteiger partial charge is 0.384 e. The molecule has 0 saturated heterocycles. The summed E-state index contributed by atoms with van der Waals surface area (Å²) in [4.78, 5) is 23.8. The van der Waals surface area contributed by atoms with Gasteiger partial charge in [0.1, 0.15) is 11.7 Å². The van der Waals surface area contributed by atoms with Crippen molar-refractivity contribution in [3.63, 3.8) is 0 Å². The maximum absolute atomic E-state index is 13.6. The number of allylic oxidation sites excluding steroid dienone is 2. The fourth-order valence-corrected chi connectivity index (χ4v) is 5.25. The highest BCUT2D eigenvalue weighted by Gasteiger charge is 2.40. The second-order valence-electron chi connectivity index (χ2n) is 10.4. The number of nitrogens with zero attached hydrogens (tertiary/aromatic N) is 4. The molecule has 2 unspecified atom stereocenters. The van der Waals surface area contributed by atoms with Crippen LogP contribution < -0.4 is 4.90 Å². The van der Waals surface area contributed by atoms with E-state index in [1.165, 1.54) is 12.1 Å². The molecule has 2 aromatic rings. The summed E-state index contributed by atoms with van der Waals surface area (Å²) in [6, 6.07) is 16.8. The highest BCUT2D eigenvalue weighted by molar-refractivity contribution is 6.00. The Morgan fingerprint density at radius 3 is 2.62 bits per heavy atom. The number of aliphatic hydroxyl groups excluding tert-OH is 1. The van der Waals surface area contributed by atoms with Crippen LogP contribution in [0.3, 0.4) is 0 Å². The zero-order valence-corrected chi connectivity index (χ0v) is 23.4. The Morgan fingerprint density at radius 1 is 1.15 bits per heavy atom. The lowest BCUT2D eigenvalue weighted by Gasteiger charge is -2.32. The van der Waals surface area contributed by atoms with Crippen LogP contribution in [0.1, 0.15) is 77.2 Å². The van der Waals surface area contributed by atoms with Gasteiger partial charge in [-0.05, 0) is 79.6 Å². The van der Waals surface area contributed by atoms with Crippen LogP contribution >= 0.6 is 0 Å². The number of unbranched alkanes of at least 4 members (excludes halogenated alkanes) is 2. The average Bonchev–Trinajstić information content (AvgIpc) is 3.42. The van der Waals surface area contributed by atoms with Crippen LogP contribution in [0.2, 0.25) is 0 Å². The van der Waals surface area contributed by atoms with Gasteiger partial charge < -0.3 is 14.8 Å². The van der Waals surface area contributed by atoms with Crippen molar-refractivity contribution in [3.8, 4) is 0 Å². The molecule has 2 heterocycles. The fourth-order valence-electron chi connectivity index (χ4n) is 5.25. The Morgan fingerprint density at radius 2 is 1.93 bits per heavy atom. The molecule has 0 aliphatic carbocycles. The smallest absolute Gasteiger partial charge is 0.186 e. The third kappa shape index (κ3) is 7.30. The predicted molar refractivity (Wildman–Crippen MR) is 159 cm³/mol. The van der Waals surface area contributed by atoms with E-state index < -0.39 is 11.8 Å². The van der Waals surface area contributed by atoms with Gasteiger partial charge in [-0.3, -0.25) is 0 Å². The van der Waals surface area contributed by atoms with Crippen LogP contribution in [0.4, 0.5) is 10.1 Å². The Labute approximate surface area is 236 Å². The average molecular weight is 547 g/mol. The maximum Gasteiger partial charge on any atom is 0.186 e. The zero-order valence-electron chi connectivity index (χ0n) is 23.4. The second kappa shape index (κ2) is 14.1. The molecule has 0 radical (unpaired) electrons. The first-order chi connectivity index (χ1) is 19.5. The van der Waals surface area contributed by atoms with Gasteiger partial charge >= 0.3 is 0 Å². The second-order valence-corrected chi connectivity index (χ2v) is 10.4. The number of aliphatic imine (C=N–C) groups is 1. The molecule has 0 fully saturated rings. The van der Waals surface area contributed by atoms with E-state index in [0.29, 0.717) is 32.2 Å². The summed E-state index contributed by atoms with van der Waals surface area (Å²) < 4.78 is 13.6. The number of aliphatic hydroxyl groups is 1. The van der Waals surface area contributed by atoms with E-state index in [1.54, 1.807) is 12.1 Å². The fraction of sp³-hybridized carbons (Fsp3) is 0.438. The Balaban J connectivity index is 1.54. The van der Waals surface area contributed by atoms with E-state index in [0.717, 1.165) is 66.2 Å². The quantitative estimate of drug-likeness (QED) is 0.205. The van der Waals surface area contributed by atoms with E-state index in [1.807, 2.05) is 25.1 Å². The highest BCUT2D eigenvalue weighted by Crippen LogP contribution is 2.40. The minimum atomic E-state index is -1.18. The molecule has 212 valence electrons. The summed E-state index contributed by atoms with van der Waals surface area (Å²) in [6.45, 7) is 4.80. The molecule has 0 aromatic heterocycles. The van der Waals surface area contributed by atoms with Crippen LogP contribution in [0, 0.1) is 10.7 Å². The zero-order chi connectivity index (χ0) is 28.4. The molecule has 0 amide bonds. The van der Waals surface area contributed by atoms with Gasteiger partial charge in [-0.1, -0.05) is 61.0 Å². The predicted octanol–water partition coefficient (Wildman–Crippen LogP) is 7.77. The lowest BCUT2D eigenvalue weighted by atomic mass is 9.84. The maximum atomic E-state index is 13.6. The molecule has 2 aromatic carbocycles. The van der Waals surface area contributed by atoms with Crippen LogP contribution in [0.5, 0.6) is 0 Å². The van der Waals surface area contributed by atoms with Crippen LogP contribution in [0.15, 0.2) is 93.3 Å².